The molecule has 0 aliphatic heterocycles. The summed E-state index contributed by atoms with van der Waals surface area (Å²) in [6.07, 6.45) is 0. The summed E-state index contributed by atoms with van der Waals surface area (Å²) >= 11 is 0. The van der Waals surface area contributed by atoms with Gasteiger partial charge in [-0.2, -0.15) is 0 Å². The third kappa shape index (κ3) is 433. The average Bonchev–Trinajstić information content (AvgIpc) is 0.811. The van der Waals surface area contributed by atoms with E-state index in [1.54, 1.807) is 0 Å². The molecule has 0 fully saturated rings. The second-order valence-electron chi connectivity index (χ2n) is 0.519. The molecule has 0 spiro atoms. The summed E-state index contributed by atoms with van der Waals surface area (Å²) in [6, 6.07) is 0. The molecule has 0 bridgehead atoms. The van der Waals surface area contributed by atoms with Gasteiger partial charge in [0.1, 0.15) is 0 Å². The van der Waals surface area contributed by atoms with Gasteiger partial charge in [-0.25, -0.2) is 0 Å². The molecular weight excluding hydrogens is 132 g/mol. The summed E-state index contributed by atoms with van der Waals surface area (Å²) in [5, 5.41) is 7.42. The first kappa shape index (κ1) is 83.2. The van der Waals surface area contributed by atoms with Crippen LogP contribution >= 0.6 is 0 Å². The van der Waals surface area contributed by atoms with Crippen LogP contribution < -0.4 is 0 Å². The van der Waals surface area contributed by atoms with Crippen LogP contribution in [-0.2, 0) is 4.79 Å². The number of hydrogen-bond acceptors (Lipinski definition) is 5. The molecule has 0 aliphatic carbocycles. The predicted octanol–water partition coefficient (Wildman–Crippen LogP) is -0.535. The topological polar surface area (TPSA) is 157 Å². The molecule has 6 nitrogen and oxygen atoms in total. The zero-order chi connectivity index (χ0) is 3.58. The quantitative estimate of drug-likeness (QED) is 0.475. The Morgan fingerprint density at radius 3 is 1.11 bits per heavy atom. The Bertz CT molecular complexity index is 31.3. The molecule has 0 unspecified atom stereocenters. The van der Waals surface area contributed by atoms with E-state index < -0.39 is 5.97 Å². The molecule has 0 radical (unpaired) electrons. The molecule has 0 saturated heterocycles. The molecule has 0 saturated carbocycles. The smallest absolute Gasteiger partial charge is 0.870 e. The molecule has 9 heavy (non-hydrogen) atoms. The van der Waals surface area contributed by atoms with E-state index in [-0.39, 0.29) is 29.3 Å². The molecule has 0 amide bonds. The van der Waals surface area contributed by atoms with Gasteiger partial charge in [-0.3, -0.25) is 4.79 Å². The summed E-state index contributed by atoms with van der Waals surface area (Å²) in [6.45, 7) is 1.08. The van der Waals surface area contributed by atoms with Gasteiger partial charge in [0.05, 0.1) is 0 Å². The number of carbonyl (C=O) groups is 1. The molecule has 0 aromatic rings. The van der Waals surface area contributed by atoms with E-state index in [1.807, 2.05) is 0 Å². The molecule has 6 heteroatoms. The molecule has 5 N–H and O–H groups in total. The fourth-order valence-corrected chi connectivity index (χ4v) is 0. The Morgan fingerprint density at radius 2 is 1.11 bits per heavy atom. The van der Waals surface area contributed by atoms with Gasteiger partial charge in [0.15, 0.2) is 0 Å². The normalized spacial score (nSPS) is 2.78. The van der Waals surface area contributed by atoms with Crippen molar-refractivity contribution in [2.24, 2.45) is 0 Å². The van der Waals surface area contributed by atoms with Crippen LogP contribution in [0.15, 0.2) is 0 Å². The van der Waals surface area contributed by atoms with Crippen LogP contribution in [0.4, 0.5) is 0 Å². The van der Waals surface area contributed by atoms with E-state index in [1.165, 1.54) is 0 Å². The number of rotatable bonds is 0. The van der Waals surface area contributed by atoms with Gasteiger partial charge in [-0.05, 0) is 0 Å². The van der Waals surface area contributed by atoms with Crippen molar-refractivity contribution in [1.82, 2.24) is 0 Å². The number of carboxylic acids is 1. The Kier molecular flexibility index (Phi) is 504. The van der Waals surface area contributed by atoms with Crippen LogP contribution in [0.5, 0.6) is 0 Å². The van der Waals surface area contributed by atoms with E-state index >= 15 is 0 Å². The van der Waals surface area contributed by atoms with Crippen molar-refractivity contribution >= 4 is 5.97 Å². The van der Waals surface area contributed by atoms with Crippen molar-refractivity contribution in [2.75, 3.05) is 0 Å². The van der Waals surface area contributed by atoms with Gasteiger partial charge in [0, 0.05) is 6.92 Å². The van der Waals surface area contributed by atoms with Crippen molar-refractivity contribution in [3.8, 4) is 0 Å². The maximum Gasteiger partial charge on any atom is 4.00 e. The zero-order valence-electron chi connectivity index (χ0n) is 4.64. The fourth-order valence-electron chi connectivity index (χ4n) is 0. The Balaban J connectivity index is -0.00000000450. The molecule has 0 atom stereocenters. The zero-order valence-corrected chi connectivity index (χ0v) is 4.64. The minimum Gasteiger partial charge on any atom is -0.870 e. The molecule has 56 valence electrons. The van der Waals surface area contributed by atoms with Crippen molar-refractivity contribution in [2.45, 2.75) is 6.92 Å². The summed E-state index contributed by atoms with van der Waals surface area (Å²) in [7, 11) is 0. The minimum atomic E-state index is -0.833. The van der Waals surface area contributed by atoms with E-state index in [4.69, 9.17) is 9.90 Å². The summed E-state index contributed by atoms with van der Waals surface area (Å²) < 4.78 is 0. The van der Waals surface area contributed by atoms with Crippen LogP contribution in [0.3, 0.4) is 0 Å². The summed E-state index contributed by atoms with van der Waals surface area (Å²) in [5.74, 6) is -0.833. The molecular formula is C3H8O6. The molecule has 0 aromatic heterocycles. The molecule has 0 heterocycles. The van der Waals surface area contributed by atoms with Crippen molar-refractivity contribution < 1.29 is 31.8 Å². The average molecular weight is 140 g/mol. The van der Waals surface area contributed by atoms with Crippen molar-refractivity contribution in [1.29, 1.82) is 0 Å². The number of carboxylic acid groups (broad SMARTS) is 1. The van der Waals surface area contributed by atoms with Crippen LogP contribution in [0.2, 0.25) is 0 Å². The Morgan fingerprint density at radius 1 is 1.11 bits per heavy atom. The predicted molar refractivity (Wildman–Crippen MR) is 24.3 cm³/mol. The van der Waals surface area contributed by atoms with Gasteiger partial charge < -0.3 is 27.0 Å². The van der Waals surface area contributed by atoms with Gasteiger partial charge in [0.25, 0.3) is 5.97 Å². The third-order valence-corrected chi connectivity index (χ3v) is 0. The molecule has 0 rings (SSSR count). The molecule has 0 aliphatic rings. The van der Waals surface area contributed by atoms with E-state index in [0.717, 1.165) is 6.92 Å². The largest absolute Gasteiger partial charge is 4.00 e. The van der Waals surface area contributed by atoms with Crippen LogP contribution in [0, 0.1) is 7.43 Å². The first-order valence-corrected chi connectivity index (χ1v) is 0.928. The minimum absolute atomic E-state index is 0. The van der Waals surface area contributed by atoms with Crippen molar-refractivity contribution in [3.05, 3.63) is 7.43 Å². The fraction of sp³-hybridized carbons (Fsp3) is 0.333. The Hall–Kier alpha value is -0.690. The number of aliphatic carboxylic acids is 1. The van der Waals surface area contributed by atoms with Crippen LogP contribution in [0.25, 0.3) is 0 Å². The maximum atomic E-state index is 9.00. The van der Waals surface area contributed by atoms with Gasteiger partial charge in [-0.1, -0.05) is 0 Å². The van der Waals surface area contributed by atoms with Crippen LogP contribution in [-0.4, -0.2) is 33.0 Å². The van der Waals surface area contributed by atoms with Gasteiger partial charge in [-0.15, -0.1) is 0 Å². The van der Waals surface area contributed by atoms with E-state index in [2.05, 4.69) is 0 Å². The first-order valence-electron chi connectivity index (χ1n) is 0.928. The molecule has 0 aromatic carbocycles. The maximum absolute atomic E-state index is 9.00. The van der Waals surface area contributed by atoms with E-state index in [0.29, 0.717) is 0 Å². The SMILES string of the molecule is CC(=O)O.[C+4].[OH-].[OH-].[OH-].[OH-]. The Labute approximate surface area is 53.4 Å². The summed E-state index contributed by atoms with van der Waals surface area (Å²) in [4.78, 5) is 9.00. The van der Waals surface area contributed by atoms with Gasteiger partial charge in [0.2, 0.25) is 0 Å². The standard InChI is InChI=1S/C2H4O2.C.4H2O/c1-2(3)4;;;;;/h1H3,(H,3,4);;4*1H2/q;+4;;;;/p-4. The second-order valence-corrected chi connectivity index (χ2v) is 0.519. The monoisotopic (exact) mass is 140 g/mol. The van der Waals surface area contributed by atoms with E-state index in [9.17, 15) is 0 Å². The van der Waals surface area contributed by atoms with Crippen LogP contribution in [0.1, 0.15) is 6.92 Å². The first-order chi connectivity index (χ1) is 1.73. The van der Waals surface area contributed by atoms with Crippen molar-refractivity contribution in [3.63, 3.8) is 0 Å². The summed E-state index contributed by atoms with van der Waals surface area (Å²) in [5.41, 5.74) is 0. The number of hydrogen-bond donors (Lipinski definition) is 1. The van der Waals surface area contributed by atoms with Gasteiger partial charge >= 0.3 is 7.43 Å². The third-order valence-electron chi connectivity index (χ3n) is 0. The second kappa shape index (κ2) is 54.5.